The molecule has 0 saturated heterocycles. The maximum Gasteiger partial charge on any atom is 0.343 e. The Morgan fingerprint density at radius 1 is 1.45 bits per heavy atom. The standard InChI is InChI=1S/C12H14ClN5OS/c1-3-18-11(19)16-17-12(18)20-10-6(2)8(13)14-9(15-10)7-4-5-7/h7H,3-5H2,1-2H3,(H,16,19). The van der Waals surface area contributed by atoms with Crippen molar-refractivity contribution in [3.63, 3.8) is 0 Å². The zero-order valence-electron chi connectivity index (χ0n) is 11.2. The Morgan fingerprint density at radius 3 is 2.85 bits per heavy atom. The summed E-state index contributed by atoms with van der Waals surface area (Å²) in [5.74, 6) is 1.23. The number of nitrogens with one attached hydrogen (secondary N) is 1. The maximum atomic E-state index is 11.6. The number of halogens is 1. The second kappa shape index (κ2) is 5.21. The molecule has 0 amide bonds. The molecule has 1 fully saturated rings. The fourth-order valence-electron chi connectivity index (χ4n) is 1.86. The van der Waals surface area contributed by atoms with Crippen LogP contribution < -0.4 is 5.69 Å². The summed E-state index contributed by atoms with van der Waals surface area (Å²) in [5, 5.41) is 8.32. The van der Waals surface area contributed by atoms with Gasteiger partial charge in [-0.3, -0.25) is 4.57 Å². The average molecular weight is 312 g/mol. The van der Waals surface area contributed by atoms with Crippen LogP contribution in [-0.4, -0.2) is 24.7 Å². The van der Waals surface area contributed by atoms with Crippen LogP contribution in [0, 0.1) is 6.92 Å². The molecule has 1 saturated carbocycles. The number of nitrogens with zero attached hydrogens (tertiary/aromatic N) is 4. The van der Waals surface area contributed by atoms with Gasteiger partial charge in [-0.15, -0.1) is 5.10 Å². The highest BCUT2D eigenvalue weighted by molar-refractivity contribution is 7.99. The van der Waals surface area contributed by atoms with E-state index in [1.54, 1.807) is 4.57 Å². The van der Waals surface area contributed by atoms with Crippen molar-refractivity contribution in [1.29, 1.82) is 0 Å². The molecule has 6 nitrogen and oxygen atoms in total. The molecule has 0 spiro atoms. The number of aromatic nitrogens is 5. The summed E-state index contributed by atoms with van der Waals surface area (Å²) in [6.45, 7) is 4.34. The van der Waals surface area contributed by atoms with Gasteiger partial charge in [0.15, 0.2) is 5.16 Å². The van der Waals surface area contributed by atoms with E-state index in [4.69, 9.17) is 11.6 Å². The zero-order chi connectivity index (χ0) is 14.3. The highest BCUT2D eigenvalue weighted by Crippen LogP contribution is 2.40. The van der Waals surface area contributed by atoms with Crippen molar-refractivity contribution in [1.82, 2.24) is 24.7 Å². The molecule has 20 heavy (non-hydrogen) atoms. The van der Waals surface area contributed by atoms with Crippen molar-refractivity contribution in [2.24, 2.45) is 0 Å². The average Bonchev–Trinajstić information content (AvgIpc) is 3.20. The van der Waals surface area contributed by atoms with Crippen molar-refractivity contribution in [2.45, 2.75) is 49.3 Å². The van der Waals surface area contributed by atoms with Crippen LogP contribution in [0.3, 0.4) is 0 Å². The first-order valence-corrected chi connectivity index (χ1v) is 7.66. The molecule has 0 atom stereocenters. The largest absolute Gasteiger partial charge is 0.343 e. The minimum atomic E-state index is -0.213. The van der Waals surface area contributed by atoms with Gasteiger partial charge in [-0.1, -0.05) is 11.6 Å². The quantitative estimate of drug-likeness (QED) is 0.877. The molecule has 0 aliphatic heterocycles. The minimum absolute atomic E-state index is 0.213. The van der Waals surface area contributed by atoms with Crippen LogP contribution in [0.2, 0.25) is 5.15 Å². The fraction of sp³-hybridized carbons (Fsp3) is 0.500. The third-order valence-corrected chi connectivity index (χ3v) is 4.68. The van der Waals surface area contributed by atoms with E-state index in [0.717, 1.165) is 29.3 Å². The molecule has 3 rings (SSSR count). The topological polar surface area (TPSA) is 76.5 Å². The van der Waals surface area contributed by atoms with Gasteiger partial charge in [0, 0.05) is 18.0 Å². The van der Waals surface area contributed by atoms with E-state index in [-0.39, 0.29) is 5.69 Å². The molecular formula is C12H14ClN5OS. The molecule has 1 aliphatic rings. The fourth-order valence-corrected chi connectivity index (χ4v) is 3.06. The number of H-pyrrole nitrogens is 1. The lowest BCUT2D eigenvalue weighted by atomic mass is 10.3. The lowest BCUT2D eigenvalue weighted by Gasteiger charge is -2.08. The summed E-state index contributed by atoms with van der Waals surface area (Å²) in [5.41, 5.74) is 0.606. The molecule has 2 aromatic rings. The van der Waals surface area contributed by atoms with Crippen molar-refractivity contribution >= 4 is 23.4 Å². The summed E-state index contributed by atoms with van der Waals surface area (Å²) in [6.07, 6.45) is 2.23. The molecule has 0 aromatic carbocycles. The van der Waals surface area contributed by atoms with Crippen molar-refractivity contribution in [3.8, 4) is 0 Å². The SMILES string of the molecule is CCn1c(Sc2nc(C3CC3)nc(Cl)c2C)n[nH]c1=O. The van der Waals surface area contributed by atoms with E-state index >= 15 is 0 Å². The van der Waals surface area contributed by atoms with E-state index in [2.05, 4.69) is 20.2 Å². The molecule has 0 radical (unpaired) electrons. The van der Waals surface area contributed by atoms with Crippen molar-refractivity contribution in [2.75, 3.05) is 0 Å². The van der Waals surface area contributed by atoms with Crippen LogP contribution >= 0.6 is 23.4 Å². The molecule has 1 N–H and O–H groups in total. The van der Waals surface area contributed by atoms with Gasteiger partial charge < -0.3 is 0 Å². The van der Waals surface area contributed by atoms with Gasteiger partial charge in [-0.25, -0.2) is 19.9 Å². The van der Waals surface area contributed by atoms with E-state index in [0.29, 0.717) is 22.8 Å². The maximum absolute atomic E-state index is 11.6. The van der Waals surface area contributed by atoms with Gasteiger partial charge in [0.25, 0.3) is 0 Å². The van der Waals surface area contributed by atoms with Crippen molar-refractivity contribution < 1.29 is 0 Å². The molecule has 8 heteroatoms. The Kier molecular flexibility index (Phi) is 3.55. The van der Waals surface area contributed by atoms with Crippen LogP contribution in [-0.2, 0) is 6.54 Å². The Bertz CT molecular complexity index is 706. The second-order valence-electron chi connectivity index (χ2n) is 4.73. The molecular weight excluding hydrogens is 298 g/mol. The second-order valence-corrected chi connectivity index (χ2v) is 6.05. The third-order valence-electron chi connectivity index (χ3n) is 3.23. The summed E-state index contributed by atoms with van der Waals surface area (Å²) < 4.78 is 1.57. The molecule has 106 valence electrons. The number of hydrogen-bond donors (Lipinski definition) is 1. The van der Waals surface area contributed by atoms with Gasteiger partial charge in [-0.05, 0) is 38.5 Å². The molecule has 2 aromatic heterocycles. The van der Waals surface area contributed by atoms with Crippen LogP contribution in [0.25, 0.3) is 0 Å². The summed E-state index contributed by atoms with van der Waals surface area (Å²) in [4.78, 5) is 20.5. The highest BCUT2D eigenvalue weighted by atomic mass is 35.5. The molecule has 0 unspecified atom stereocenters. The third kappa shape index (κ3) is 2.47. The Morgan fingerprint density at radius 2 is 2.20 bits per heavy atom. The predicted molar refractivity (Wildman–Crippen MR) is 76.4 cm³/mol. The number of aromatic amines is 1. The predicted octanol–water partition coefficient (Wildman–Crippen LogP) is 2.37. The normalized spacial score (nSPS) is 14.8. The first-order chi connectivity index (χ1) is 9.60. The smallest absolute Gasteiger partial charge is 0.270 e. The van der Waals surface area contributed by atoms with E-state index in [1.165, 1.54) is 11.8 Å². The van der Waals surface area contributed by atoms with E-state index < -0.39 is 0 Å². The van der Waals surface area contributed by atoms with Gasteiger partial charge in [-0.2, -0.15) is 0 Å². The van der Waals surface area contributed by atoms with Gasteiger partial charge in [0.2, 0.25) is 0 Å². The van der Waals surface area contributed by atoms with Gasteiger partial charge in [0.1, 0.15) is 16.0 Å². The van der Waals surface area contributed by atoms with Crippen LogP contribution in [0.1, 0.15) is 37.1 Å². The Balaban J connectivity index is 1.99. The summed E-state index contributed by atoms with van der Waals surface area (Å²) >= 11 is 7.52. The minimum Gasteiger partial charge on any atom is -0.270 e. The van der Waals surface area contributed by atoms with Crippen LogP contribution in [0.4, 0.5) is 0 Å². The van der Waals surface area contributed by atoms with Crippen LogP contribution in [0.15, 0.2) is 15.0 Å². The zero-order valence-corrected chi connectivity index (χ0v) is 12.8. The van der Waals surface area contributed by atoms with Crippen molar-refractivity contribution in [3.05, 3.63) is 27.0 Å². The Labute approximate surface area is 125 Å². The van der Waals surface area contributed by atoms with E-state index in [1.807, 2.05) is 13.8 Å². The molecule has 1 aliphatic carbocycles. The van der Waals surface area contributed by atoms with Gasteiger partial charge in [0.05, 0.1) is 0 Å². The summed E-state index contributed by atoms with van der Waals surface area (Å²) in [7, 11) is 0. The van der Waals surface area contributed by atoms with E-state index in [9.17, 15) is 4.79 Å². The summed E-state index contributed by atoms with van der Waals surface area (Å²) in [6, 6.07) is 0. The lowest BCUT2D eigenvalue weighted by molar-refractivity contribution is 0.659. The van der Waals surface area contributed by atoms with Crippen LogP contribution in [0.5, 0.6) is 0 Å². The lowest BCUT2D eigenvalue weighted by Crippen LogP contribution is -2.16. The number of rotatable bonds is 4. The highest BCUT2D eigenvalue weighted by Gasteiger charge is 2.28. The Hall–Kier alpha value is -1.34. The van der Waals surface area contributed by atoms with Gasteiger partial charge >= 0.3 is 5.69 Å². The molecule has 0 bridgehead atoms. The number of hydrogen-bond acceptors (Lipinski definition) is 5. The monoisotopic (exact) mass is 311 g/mol. The first-order valence-electron chi connectivity index (χ1n) is 6.47. The molecule has 2 heterocycles. The first kappa shape index (κ1) is 13.6.